The Morgan fingerprint density at radius 2 is 2.26 bits per heavy atom. The van der Waals surface area contributed by atoms with Gasteiger partial charge >= 0.3 is 0 Å². The Morgan fingerprint density at radius 1 is 1.47 bits per heavy atom. The quantitative estimate of drug-likeness (QED) is 0.855. The number of carbonyl (C=O) groups is 1. The minimum Gasteiger partial charge on any atom is -0.334 e. The molecule has 1 saturated heterocycles. The highest BCUT2D eigenvalue weighted by molar-refractivity contribution is 9.11. The Bertz CT molecular complexity index is 459. The average molecular weight is 390 g/mol. The van der Waals surface area contributed by atoms with Gasteiger partial charge in [-0.25, -0.2) is 0 Å². The zero-order valence-corrected chi connectivity index (χ0v) is 14.1. The lowest BCUT2D eigenvalue weighted by atomic mass is 10.1. The number of rotatable bonds is 4. The zero-order chi connectivity index (χ0) is 13.8. The van der Waals surface area contributed by atoms with Crippen molar-refractivity contribution in [3.8, 4) is 0 Å². The summed E-state index contributed by atoms with van der Waals surface area (Å²) in [6.45, 7) is 4.82. The van der Waals surface area contributed by atoms with Crippen LogP contribution in [0.15, 0.2) is 27.1 Å². The second-order valence-electron chi connectivity index (χ2n) is 4.77. The first-order valence-electron chi connectivity index (χ1n) is 6.60. The van der Waals surface area contributed by atoms with Gasteiger partial charge in [0.25, 0.3) is 5.91 Å². The highest BCUT2D eigenvalue weighted by Gasteiger charge is 2.27. The molecule has 19 heavy (non-hydrogen) atoms. The van der Waals surface area contributed by atoms with Crippen molar-refractivity contribution in [1.82, 2.24) is 10.2 Å². The molecule has 1 aliphatic rings. The molecule has 1 unspecified atom stereocenters. The van der Waals surface area contributed by atoms with Gasteiger partial charge < -0.3 is 10.2 Å². The summed E-state index contributed by atoms with van der Waals surface area (Å²) in [6.07, 6.45) is 2.02. The molecule has 1 aromatic rings. The number of halogens is 2. The summed E-state index contributed by atoms with van der Waals surface area (Å²) in [5, 5.41) is 3.33. The van der Waals surface area contributed by atoms with Crippen LogP contribution in [0, 0.1) is 0 Å². The Kier molecular flexibility index (Phi) is 5.42. The first-order chi connectivity index (χ1) is 9.13. The van der Waals surface area contributed by atoms with Crippen molar-refractivity contribution in [2.75, 3.05) is 19.6 Å². The first-order valence-corrected chi connectivity index (χ1v) is 8.18. The van der Waals surface area contributed by atoms with E-state index in [0.717, 1.165) is 47.0 Å². The second-order valence-corrected chi connectivity index (χ2v) is 6.54. The van der Waals surface area contributed by atoms with Crippen LogP contribution in [0.2, 0.25) is 0 Å². The normalized spacial score (nSPS) is 18.6. The van der Waals surface area contributed by atoms with Gasteiger partial charge in [0.1, 0.15) is 0 Å². The van der Waals surface area contributed by atoms with Gasteiger partial charge in [0.2, 0.25) is 0 Å². The van der Waals surface area contributed by atoms with E-state index in [1.165, 1.54) is 0 Å². The van der Waals surface area contributed by atoms with Gasteiger partial charge in [-0.3, -0.25) is 4.79 Å². The number of nitrogens with one attached hydrogen (secondary N) is 1. The van der Waals surface area contributed by atoms with E-state index in [1.54, 1.807) is 0 Å². The van der Waals surface area contributed by atoms with Crippen LogP contribution in [0.4, 0.5) is 0 Å². The third-order valence-electron chi connectivity index (χ3n) is 3.36. The third kappa shape index (κ3) is 3.58. The molecule has 3 nitrogen and oxygen atoms in total. The number of hydrogen-bond acceptors (Lipinski definition) is 2. The maximum absolute atomic E-state index is 12.7. The largest absolute Gasteiger partial charge is 0.334 e. The second kappa shape index (κ2) is 6.86. The van der Waals surface area contributed by atoms with Crippen LogP contribution in [-0.2, 0) is 0 Å². The molecule has 0 bridgehead atoms. The van der Waals surface area contributed by atoms with Crippen molar-refractivity contribution in [3.63, 3.8) is 0 Å². The smallest absolute Gasteiger partial charge is 0.255 e. The summed E-state index contributed by atoms with van der Waals surface area (Å²) in [5.41, 5.74) is 0.731. The van der Waals surface area contributed by atoms with Crippen LogP contribution in [-0.4, -0.2) is 36.5 Å². The molecule has 2 rings (SSSR count). The van der Waals surface area contributed by atoms with E-state index in [1.807, 2.05) is 23.1 Å². The Hall–Kier alpha value is -0.390. The molecule has 1 aliphatic heterocycles. The maximum Gasteiger partial charge on any atom is 0.255 e. The molecule has 0 spiro atoms. The van der Waals surface area contributed by atoms with Gasteiger partial charge in [0, 0.05) is 28.1 Å². The monoisotopic (exact) mass is 388 g/mol. The van der Waals surface area contributed by atoms with E-state index < -0.39 is 0 Å². The van der Waals surface area contributed by atoms with E-state index >= 15 is 0 Å². The number of nitrogens with zero attached hydrogens (tertiary/aromatic N) is 1. The van der Waals surface area contributed by atoms with Gasteiger partial charge in [-0.05, 0) is 53.5 Å². The van der Waals surface area contributed by atoms with Crippen molar-refractivity contribution < 1.29 is 4.79 Å². The van der Waals surface area contributed by atoms with E-state index in [2.05, 4.69) is 44.1 Å². The van der Waals surface area contributed by atoms with E-state index in [-0.39, 0.29) is 5.91 Å². The number of carbonyl (C=O) groups excluding carboxylic acids is 1. The molecule has 1 heterocycles. The van der Waals surface area contributed by atoms with Crippen molar-refractivity contribution >= 4 is 37.8 Å². The standard InChI is InChI=1S/C14H18Br2N2O/c1-2-7-18(11-5-6-17-9-11)14(19)12-8-10(15)3-4-13(12)16/h3-4,8,11,17H,2,5-7,9H2,1H3. The number of benzene rings is 1. The van der Waals surface area contributed by atoms with Crippen molar-refractivity contribution in [1.29, 1.82) is 0 Å². The highest BCUT2D eigenvalue weighted by Crippen LogP contribution is 2.24. The van der Waals surface area contributed by atoms with Crippen LogP contribution >= 0.6 is 31.9 Å². The molecular formula is C14H18Br2N2O. The van der Waals surface area contributed by atoms with Gasteiger partial charge in [0.05, 0.1) is 5.56 Å². The lowest BCUT2D eigenvalue weighted by Gasteiger charge is -2.28. The summed E-state index contributed by atoms with van der Waals surface area (Å²) < 4.78 is 1.79. The molecule has 1 N–H and O–H groups in total. The van der Waals surface area contributed by atoms with Gasteiger partial charge in [0.15, 0.2) is 0 Å². The molecule has 1 atom stereocenters. The van der Waals surface area contributed by atoms with Crippen LogP contribution < -0.4 is 5.32 Å². The predicted molar refractivity (Wildman–Crippen MR) is 84.4 cm³/mol. The van der Waals surface area contributed by atoms with Gasteiger partial charge in [-0.2, -0.15) is 0 Å². The lowest BCUT2D eigenvalue weighted by molar-refractivity contribution is 0.0691. The highest BCUT2D eigenvalue weighted by atomic mass is 79.9. The molecule has 0 radical (unpaired) electrons. The van der Waals surface area contributed by atoms with Crippen LogP contribution in [0.3, 0.4) is 0 Å². The van der Waals surface area contributed by atoms with Crippen LogP contribution in [0.25, 0.3) is 0 Å². The summed E-state index contributed by atoms with van der Waals surface area (Å²) in [5.74, 6) is 0.115. The van der Waals surface area contributed by atoms with E-state index in [9.17, 15) is 4.79 Å². The molecule has 5 heteroatoms. The van der Waals surface area contributed by atoms with Crippen molar-refractivity contribution in [2.24, 2.45) is 0 Å². The van der Waals surface area contributed by atoms with Crippen molar-refractivity contribution in [2.45, 2.75) is 25.8 Å². The molecule has 1 amide bonds. The predicted octanol–water partition coefficient (Wildman–Crippen LogP) is 3.43. The fourth-order valence-electron chi connectivity index (χ4n) is 2.41. The molecule has 1 aromatic carbocycles. The van der Waals surface area contributed by atoms with E-state index in [4.69, 9.17) is 0 Å². The lowest BCUT2D eigenvalue weighted by Crippen LogP contribution is -2.42. The Balaban J connectivity index is 2.25. The third-order valence-corrected chi connectivity index (χ3v) is 4.54. The van der Waals surface area contributed by atoms with E-state index in [0.29, 0.717) is 6.04 Å². The van der Waals surface area contributed by atoms with Crippen molar-refractivity contribution in [3.05, 3.63) is 32.7 Å². The molecule has 1 fully saturated rings. The summed E-state index contributed by atoms with van der Waals surface area (Å²) in [6, 6.07) is 6.05. The minimum absolute atomic E-state index is 0.115. The average Bonchev–Trinajstić information content (AvgIpc) is 2.92. The summed E-state index contributed by atoms with van der Waals surface area (Å²) >= 11 is 6.91. The molecule has 104 valence electrons. The van der Waals surface area contributed by atoms with Crippen LogP contribution in [0.1, 0.15) is 30.1 Å². The first kappa shape index (κ1) is 15.0. The molecule has 0 aliphatic carbocycles. The topological polar surface area (TPSA) is 32.3 Å². The number of amides is 1. The summed E-state index contributed by atoms with van der Waals surface area (Å²) in [4.78, 5) is 14.7. The molecule has 0 aromatic heterocycles. The fraction of sp³-hybridized carbons (Fsp3) is 0.500. The minimum atomic E-state index is 0.115. The zero-order valence-electron chi connectivity index (χ0n) is 11.0. The molecule has 0 saturated carbocycles. The maximum atomic E-state index is 12.7. The molecular weight excluding hydrogens is 372 g/mol. The van der Waals surface area contributed by atoms with Crippen LogP contribution in [0.5, 0.6) is 0 Å². The number of hydrogen-bond donors (Lipinski definition) is 1. The van der Waals surface area contributed by atoms with Gasteiger partial charge in [-0.15, -0.1) is 0 Å². The summed E-state index contributed by atoms with van der Waals surface area (Å²) in [7, 11) is 0. The SMILES string of the molecule is CCCN(C(=O)c1cc(Br)ccc1Br)C1CCNC1. The fourth-order valence-corrected chi connectivity index (χ4v) is 3.19. The van der Waals surface area contributed by atoms with Gasteiger partial charge in [-0.1, -0.05) is 22.9 Å². The Labute approximate surface area is 131 Å². The Morgan fingerprint density at radius 3 is 2.89 bits per heavy atom.